The van der Waals surface area contributed by atoms with E-state index in [1.54, 1.807) is 6.92 Å². The van der Waals surface area contributed by atoms with Gasteiger partial charge in [-0.3, -0.25) is 4.79 Å². The molecule has 5 rings (SSSR count). The minimum absolute atomic E-state index is 0.00296. The molecule has 198 valence electrons. The van der Waals surface area contributed by atoms with E-state index in [-0.39, 0.29) is 47.0 Å². The molecule has 1 aliphatic carbocycles. The highest BCUT2D eigenvalue weighted by Crippen LogP contribution is 2.52. The Labute approximate surface area is 225 Å². The number of alkyl halides is 2. The molecular weight excluding hydrogens is 487 g/mol. The first kappa shape index (κ1) is 16.7. The largest absolute Gasteiger partial charge is 0.586 e. The minimum Gasteiger partial charge on any atom is -0.395 e. The molecule has 1 saturated carbocycles. The molecule has 1 aromatic heterocycles. The fraction of sp³-hybridized carbons (Fsp3) is 0.464. The molecule has 0 radical (unpaired) electrons. The third-order valence-electron chi connectivity index (χ3n) is 7.08. The molecule has 37 heavy (non-hydrogen) atoms. The number of ether oxygens (including phenoxy) is 2. The van der Waals surface area contributed by atoms with Gasteiger partial charge in [0.15, 0.2) is 11.5 Å². The summed E-state index contributed by atoms with van der Waals surface area (Å²) in [6.07, 6.45) is -7.79. The van der Waals surface area contributed by atoms with Crippen molar-refractivity contribution in [3.05, 3.63) is 59.0 Å². The molecule has 0 saturated heterocycles. The van der Waals surface area contributed by atoms with Gasteiger partial charge in [0.1, 0.15) is 11.6 Å². The lowest BCUT2D eigenvalue weighted by Crippen LogP contribution is -2.26. The summed E-state index contributed by atoms with van der Waals surface area (Å²) in [5.41, 5.74) is -3.78. The van der Waals surface area contributed by atoms with E-state index in [9.17, 15) is 23.8 Å². The first-order valence-electron chi connectivity index (χ1n) is 16.1. The number of fused-ring (bicyclic) bond motifs is 2. The van der Waals surface area contributed by atoms with Gasteiger partial charge in [0.2, 0.25) is 0 Å². The van der Waals surface area contributed by atoms with Crippen LogP contribution in [-0.2, 0) is 28.6 Å². The zero-order chi connectivity index (χ0) is 34.6. The SMILES string of the molecule is [2H]c1c([2H])c(C2(C(=O)Cc3cc4cc(C(C)(CC)C([2H])([2H])[2H])n(C[C@]([2H])(O)C([2H])([2H])O)c4cc3F)CC2)c([2H])c2c1OC(F)(F)O2. The first-order chi connectivity index (χ1) is 20.9. The normalized spacial score (nSPS) is 24.7. The van der Waals surface area contributed by atoms with Gasteiger partial charge in [-0.15, -0.1) is 8.78 Å². The number of ketones is 1. The molecule has 1 unspecified atom stereocenters. The molecule has 3 aromatic rings. The highest BCUT2D eigenvalue weighted by Gasteiger charge is 2.52. The van der Waals surface area contributed by atoms with Crippen LogP contribution in [0, 0.1) is 5.82 Å². The molecule has 0 amide bonds. The lowest BCUT2D eigenvalue weighted by molar-refractivity contribution is -0.286. The number of aromatic nitrogens is 1. The van der Waals surface area contributed by atoms with E-state index in [0.29, 0.717) is 0 Å². The summed E-state index contributed by atoms with van der Waals surface area (Å²) in [4.78, 5) is 13.7. The van der Waals surface area contributed by atoms with Gasteiger partial charge in [-0.05, 0) is 60.7 Å². The van der Waals surface area contributed by atoms with Crippen molar-refractivity contribution in [3.63, 3.8) is 0 Å². The van der Waals surface area contributed by atoms with Crippen LogP contribution in [0.15, 0.2) is 36.3 Å². The maximum Gasteiger partial charge on any atom is 0.586 e. The number of carbonyl (C=O) groups is 1. The van der Waals surface area contributed by atoms with Gasteiger partial charge in [0.25, 0.3) is 0 Å². The number of aliphatic hydroxyl groups is 2. The summed E-state index contributed by atoms with van der Waals surface area (Å²) in [6.45, 7) is -4.14. The van der Waals surface area contributed by atoms with Gasteiger partial charge >= 0.3 is 6.29 Å². The third kappa shape index (κ3) is 4.48. The maximum absolute atomic E-state index is 15.7. The second-order valence-electron chi connectivity index (χ2n) is 9.62. The molecule has 0 bridgehead atoms. The van der Waals surface area contributed by atoms with Crippen molar-refractivity contribution in [1.82, 2.24) is 4.57 Å². The molecule has 2 N–H and O–H groups in total. The number of hydrogen-bond donors (Lipinski definition) is 2. The summed E-state index contributed by atoms with van der Waals surface area (Å²) in [5.74, 6) is -3.23. The molecule has 2 aromatic carbocycles. The van der Waals surface area contributed by atoms with Crippen molar-refractivity contribution < 1.29 is 50.0 Å². The quantitative estimate of drug-likeness (QED) is 0.411. The Bertz CT molecular complexity index is 1770. The molecule has 2 heterocycles. The number of rotatable bonds is 9. The van der Waals surface area contributed by atoms with Crippen molar-refractivity contribution in [3.8, 4) is 11.5 Å². The molecular formula is C28H30F3NO5. The van der Waals surface area contributed by atoms with Crippen molar-refractivity contribution in [1.29, 1.82) is 0 Å². The Hall–Kier alpha value is -3.04. The van der Waals surface area contributed by atoms with E-state index in [4.69, 9.17) is 12.3 Å². The lowest BCUT2D eigenvalue weighted by atomic mass is 9.86. The number of halogens is 3. The average molecular weight is 527 g/mol. The Morgan fingerprint density at radius 1 is 1.32 bits per heavy atom. The van der Waals surface area contributed by atoms with Crippen LogP contribution in [0.25, 0.3) is 10.9 Å². The van der Waals surface area contributed by atoms with Crippen LogP contribution in [0.2, 0.25) is 0 Å². The number of carbonyl (C=O) groups excluding carboxylic acids is 1. The summed E-state index contributed by atoms with van der Waals surface area (Å²) >= 11 is 0. The topological polar surface area (TPSA) is 80.9 Å². The van der Waals surface area contributed by atoms with Crippen molar-refractivity contribution in [2.45, 2.75) is 76.1 Å². The molecule has 1 fully saturated rings. The summed E-state index contributed by atoms with van der Waals surface area (Å²) in [7, 11) is 0. The predicted octanol–water partition coefficient (Wildman–Crippen LogP) is 4.99. The van der Waals surface area contributed by atoms with E-state index >= 15 is 4.39 Å². The van der Waals surface area contributed by atoms with Crippen LogP contribution in [-0.4, -0.2) is 39.5 Å². The Morgan fingerprint density at radius 2 is 2.05 bits per heavy atom. The average Bonchev–Trinajstić information content (AvgIpc) is 3.55. The monoisotopic (exact) mass is 526 g/mol. The van der Waals surface area contributed by atoms with Gasteiger partial charge in [0.05, 0.1) is 38.3 Å². The van der Waals surface area contributed by atoms with E-state index < -0.39 is 90.8 Å². The lowest BCUT2D eigenvalue weighted by Gasteiger charge is -2.26. The van der Waals surface area contributed by atoms with Gasteiger partial charge in [0, 0.05) is 27.0 Å². The van der Waals surface area contributed by atoms with Crippen LogP contribution >= 0.6 is 0 Å². The minimum atomic E-state index is -4.17. The molecule has 2 aliphatic rings. The maximum atomic E-state index is 15.7. The van der Waals surface area contributed by atoms with Crippen molar-refractivity contribution >= 4 is 16.7 Å². The number of Topliss-reactive ketones (excluding diaryl/α,β-unsaturated/α-hetero) is 1. The van der Waals surface area contributed by atoms with E-state index in [0.717, 1.165) is 10.6 Å². The van der Waals surface area contributed by atoms with Crippen LogP contribution in [0.4, 0.5) is 13.2 Å². The third-order valence-corrected chi connectivity index (χ3v) is 7.08. The highest BCUT2D eigenvalue weighted by molar-refractivity contribution is 5.95. The van der Waals surface area contributed by atoms with Crippen molar-refractivity contribution in [2.75, 3.05) is 6.56 Å². The Morgan fingerprint density at radius 3 is 2.70 bits per heavy atom. The molecule has 0 spiro atoms. The smallest absolute Gasteiger partial charge is 0.395 e. The second kappa shape index (κ2) is 8.77. The van der Waals surface area contributed by atoms with E-state index in [2.05, 4.69) is 9.47 Å². The standard InChI is InChI=1S/C28H30F3NO5/c1-4-26(2,3)24-10-17-9-16(20(29)13-21(17)32(24)14-19(34)15-33)11-25(35)27(7-8-27)18-5-6-22-23(12-18)37-28(30,31)36-22/h5-6,9-10,12-13,19,33-34H,4,7-8,11,14-15H2,1-3H3/t19-/m0/s1/i2D3,5D,6D,12D,15D2,19D/t19-,26?. The summed E-state index contributed by atoms with van der Waals surface area (Å²) in [6, 6.07) is 1.34. The first-order valence-corrected chi connectivity index (χ1v) is 11.6. The number of benzene rings is 2. The zero-order valence-electron chi connectivity index (χ0n) is 29.0. The van der Waals surface area contributed by atoms with E-state index in [1.165, 1.54) is 19.1 Å². The van der Waals surface area contributed by atoms with Crippen LogP contribution < -0.4 is 9.47 Å². The van der Waals surface area contributed by atoms with Crippen LogP contribution in [0.5, 0.6) is 11.5 Å². The van der Waals surface area contributed by atoms with Gasteiger partial charge in [-0.2, -0.15) is 0 Å². The molecule has 9 heteroatoms. The van der Waals surface area contributed by atoms with Gasteiger partial charge in [-0.1, -0.05) is 26.7 Å². The van der Waals surface area contributed by atoms with E-state index in [1.807, 2.05) is 0 Å². The predicted molar refractivity (Wildman–Crippen MR) is 131 cm³/mol. The molecule has 1 aliphatic heterocycles. The highest BCUT2D eigenvalue weighted by atomic mass is 19.3. The second-order valence-corrected chi connectivity index (χ2v) is 9.62. The zero-order valence-corrected chi connectivity index (χ0v) is 20.0. The van der Waals surface area contributed by atoms with Gasteiger partial charge < -0.3 is 24.3 Å². The summed E-state index contributed by atoms with van der Waals surface area (Å²) < 4.78 is 125. The fourth-order valence-electron chi connectivity index (χ4n) is 4.61. The van der Waals surface area contributed by atoms with Gasteiger partial charge in [-0.25, -0.2) is 4.39 Å². The molecule has 2 atom stereocenters. The van der Waals surface area contributed by atoms with Crippen LogP contribution in [0.3, 0.4) is 0 Å². The fourth-order valence-corrected chi connectivity index (χ4v) is 4.61. The number of nitrogens with zero attached hydrogens (tertiary/aromatic N) is 1. The summed E-state index contributed by atoms with van der Waals surface area (Å²) in [5, 5.41) is 20.5. The van der Waals surface area contributed by atoms with Crippen LogP contribution in [0.1, 0.15) is 69.1 Å². The Balaban J connectivity index is 1.59. The molecule has 6 nitrogen and oxygen atoms in total. The van der Waals surface area contributed by atoms with Crippen molar-refractivity contribution in [2.24, 2.45) is 0 Å². The number of hydrogen-bond acceptors (Lipinski definition) is 5. The Kier molecular flexibility index (Phi) is 3.97.